The summed E-state index contributed by atoms with van der Waals surface area (Å²) in [5, 5.41) is 3.78. The highest BCUT2D eigenvalue weighted by Crippen LogP contribution is 2.31. The number of thioether (sulfide) groups is 1. The Balaban J connectivity index is 1.66. The van der Waals surface area contributed by atoms with E-state index in [0.29, 0.717) is 42.6 Å². The Morgan fingerprint density at radius 3 is 2.61 bits per heavy atom. The molecule has 0 atom stereocenters. The van der Waals surface area contributed by atoms with E-state index in [1.807, 2.05) is 34.9 Å². The number of esters is 1. The second-order valence-corrected chi connectivity index (χ2v) is 8.86. The maximum Gasteiger partial charge on any atom is 0.338 e. The summed E-state index contributed by atoms with van der Waals surface area (Å²) in [7, 11) is 0. The normalized spacial score (nSPS) is 11.1. The summed E-state index contributed by atoms with van der Waals surface area (Å²) < 4.78 is 7.25. The molecule has 0 aliphatic carbocycles. The molecule has 4 rings (SSSR count). The maximum atomic E-state index is 12.4. The van der Waals surface area contributed by atoms with Crippen LogP contribution < -0.4 is 5.73 Å². The van der Waals surface area contributed by atoms with Crippen molar-refractivity contribution in [2.45, 2.75) is 30.8 Å². The highest BCUT2D eigenvalue weighted by molar-refractivity contribution is 7.98. The zero-order valence-corrected chi connectivity index (χ0v) is 20.0. The number of carbonyl (C=O) groups is 1. The smallest absolute Gasteiger partial charge is 0.338 e. The van der Waals surface area contributed by atoms with Gasteiger partial charge in [-0.05, 0) is 41.4 Å². The summed E-state index contributed by atoms with van der Waals surface area (Å²) >= 11 is 8.33. The summed E-state index contributed by atoms with van der Waals surface area (Å²) in [5.74, 6) is 0.259. The molecule has 170 valence electrons. The molecule has 0 aliphatic rings. The van der Waals surface area contributed by atoms with Crippen LogP contribution in [0.1, 0.15) is 34.1 Å². The van der Waals surface area contributed by atoms with E-state index in [-0.39, 0.29) is 5.97 Å². The number of carbonyl (C=O) groups excluding carboxylic acids is 1. The molecule has 1 aromatic heterocycles. The summed E-state index contributed by atoms with van der Waals surface area (Å²) in [6.45, 7) is 3.22. The standard InChI is InChI=1S/C26H26ClN3O2S/c1-2-32-25(31)22-13-6-4-9-20(22)17-33-26-29-23(14-15-28)24(27)30(26)16-19-11-7-10-18-8-3-5-12-21(18)19/h3-13H,2,14-17,28H2,1H3. The molecule has 0 aliphatic heterocycles. The first-order valence-corrected chi connectivity index (χ1v) is 12.3. The molecule has 33 heavy (non-hydrogen) atoms. The van der Waals surface area contributed by atoms with Crippen LogP contribution in [-0.4, -0.2) is 28.7 Å². The second kappa shape index (κ2) is 10.9. The van der Waals surface area contributed by atoms with E-state index in [2.05, 4.69) is 30.3 Å². The van der Waals surface area contributed by atoms with Gasteiger partial charge in [0.2, 0.25) is 0 Å². The molecule has 1 heterocycles. The number of hydrogen-bond acceptors (Lipinski definition) is 5. The molecule has 3 aromatic carbocycles. The van der Waals surface area contributed by atoms with E-state index in [1.165, 1.54) is 16.3 Å². The number of halogens is 1. The van der Waals surface area contributed by atoms with Crippen molar-refractivity contribution >= 4 is 40.1 Å². The Hall–Kier alpha value is -2.80. The molecule has 7 heteroatoms. The number of nitrogens with zero attached hydrogens (tertiary/aromatic N) is 2. The molecule has 5 nitrogen and oxygen atoms in total. The average molecular weight is 480 g/mol. The van der Waals surface area contributed by atoms with Crippen molar-refractivity contribution in [2.75, 3.05) is 13.2 Å². The predicted octanol–water partition coefficient (Wildman–Crippen LogP) is 5.71. The van der Waals surface area contributed by atoms with Crippen molar-refractivity contribution in [3.63, 3.8) is 0 Å². The fraction of sp³-hybridized carbons (Fsp3) is 0.231. The van der Waals surface area contributed by atoms with Crippen LogP contribution in [0.15, 0.2) is 71.9 Å². The van der Waals surface area contributed by atoms with Crippen LogP contribution >= 0.6 is 23.4 Å². The van der Waals surface area contributed by atoms with Crippen LogP contribution in [0, 0.1) is 0 Å². The molecule has 2 N–H and O–H groups in total. The minimum Gasteiger partial charge on any atom is -0.462 e. The fourth-order valence-electron chi connectivity index (χ4n) is 3.80. The van der Waals surface area contributed by atoms with E-state index in [9.17, 15) is 4.79 Å². The number of rotatable bonds is 9. The monoisotopic (exact) mass is 479 g/mol. The van der Waals surface area contributed by atoms with Gasteiger partial charge in [-0.2, -0.15) is 0 Å². The van der Waals surface area contributed by atoms with Gasteiger partial charge in [-0.1, -0.05) is 84.0 Å². The van der Waals surface area contributed by atoms with Gasteiger partial charge in [-0.25, -0.2) is 9.78 Å². The van der Waals surface area contributed by atoms with Gasteiger partial charge in [0.25, 0.3) is 0 Å². The lowest BCUT2D eigenvalue weighted by molar-refractivity contribution is 0.0525. The topological polar surface area (TPSA) is 70.1 Å². The second-order valence-electron chi connectivity index (χ2n) is 7.56. The van der Waals surface area contributed by atoms with Crippen molar-refractivity contribution in [1.82, 2.24) is 9.55 Å². The molecule has 0 fully saturated rings. The van der Waals surface area contributed by atoms with E-state index in [4.69, 9.17) is 27.1 Å². The van der Waals surface area contributed by atoms with Crippen LogP contribution in [0.4, 0.5) is 0 Å². The summed E-state index contributed by atoms with van der Waals surface area (Å²) in [5.41, 5.74) is 9.23. The lowest BCUT2D eigenvalue weighted by Gasteiger charge is -2.12. The van der Waals surface area contributed by atoms with Crippen molar-refractivity contribution in [3.8, 4) is 0 Å². The Morgan fingerprint density at radius 2 is 1.79 bits per heavy atom. The van der Waals surface area contributed by atoms with Crippen LogP contribution in [0.5, 0.6) is 0 Å². The van der Waals surface area contributed by atoms with Crippen LogP contribution in [0.25, 0.3) is 10.8 Å². The first kappa shape index (κ1) is 23.4. The van der Waals surface area contributed by atoms with Crippen molar-refractivity contribution < 1.29 is 9.53 Å². The highest BCUT2D eigenvalue weighted by atomic mass is 35.5. The first-order chi connectivity index (χ1) is 16.1. The maximum absolute atomic E-state index is 12.4. The number of benzene rings is 3. The summed E-state index contributed by atoms with van der Waals surface area (Å²) in [6, 6.07) is 22.1. The van der Waals surface area contributed by atoms with E-state index in [0.717, 1.165) is 16.4 Å². The number of aromatic nitrogens is 2. The van der Waals surface area contributed by atoms with Gasteiger partial charge in [0.1, 0.15) is 5.15 Å². The van der Waals surface area contributed by atoms with Gasteiger partial charge in [0.15, 0.2) is 5.16 Å². The Bertz CT molecular complexity index is 1270. The first-order valence-electron chi connectivity index (χ1n) is 10.9. The number of nitrogens with two attached hydrogens (primary N) is 1. The Kier molecular flexibility index (Phi) is 7.70. The Morgan fingerprint density at radius 1 is 1.06 bits per heavy atom. The van der Waals surface area contributed by atoms with Crippen LogP contribution in [0.2, 0.25) is 5.15 Å². The molecule has 0 spiro atoms. The molecule has 0 saturated heterocycles. The molecule has 0 bridgehead atoms. The van der Waals surface area contributed by atoms with Crippen molar-refractivity contribution in [3.05, 3.63) is 94.3 Å². The van der Waals surface area contributed by atoms with Crippen molar-refractivity contribution in [2.24, 2.45) is 5.73 Å². The quantitative estimate of drug-likeness (QED) is 0.246. The van der Waals surface area contributed by atoms with E-state index >= 15 is 0 Å². The lowest BCUT2D eigenvalue weighted by atomic mass is 10.0. The third-order valence-electron chi connectivity index (χ3n) is 5.40. The zero-order chi connectivity index (χ0) is 23.2. The van der Waals surface area contributed by atoms with Gasteiger partial charge in [-0.15, -0.1) is 0 Å². The van der Waals surface area contributed by atoms with Gasteiger partial charge >= 0.3 is 5.97 Å². The molecular weight excluding hydrogens is 454 g/mol. The third kappa shape index (κ3) is 5.24. The number of hydrogen-bond donors (Lipinski definition) is 1. The van der Waals surface area contributed by atoms with Crippen LogP contribution in [0.3, 0.4) is 0 Å². The van der Waals surface area contributed by atoms with E-state index in [1.54, 1.807) is 24.8 Å². The zero-order valence-electron chi connectivity index (χ0n) is 18.5. The minimum absolute atomic E-state index is 0.311. The molecule has 0 unspecified atom stereocenters. The number of imidazole rings is 1. The largest absolute Gasteiger partial charge is 0.462 e. The third-order valence-corrected chi connectivity index (χ3v) is 6.84. The number of fused-ring (bicyclic) bond motifs is 1. The summed E-state index contributed by atoms with van der Waals surface area (Å²) in [6.07, 6.45) is 0.605. The highest BCUT2D eigenvalue weighted by Gasteiger charge is 2.18. The molecule has 0 saturated carbocycles. The Labute approximate surface area is 202 Å². The van der Waals surface area contributed by atoms with Gasteiger partial charge < -0.3 is 15.0 Å². The molecule has 4 aromatic rings. The van der Waals surface area contributed by atoms with Gasteiger partial charge in [0.05, 0.1) is 24.4 Å². The van der Waals surface area contributed by atoms with Gasteiger partial charge in [0, 0.05) is 12.2 Å². The predicted molar refractivity (Wildman–Crippen MR) is 135 cm³/mol. The van der Waals surface area contributed by atoms with Crippen molar-refractivity contribution in [1.29, 1.82) is 0 Å². The SMILES string of the molecule is CCOC(=O)c1ccccc1CSc1nc(CCN)c(Cl)n1Cc1cccc2ccccc12. The molecule has 0 amide bonds. The lowest BCUT2D eigenvalue weighted by Crippen LogP contribution is -2.08. The van der Waals surface area contributed by atoms with Gasteiger partial charge in [-0.3, -0.25) is 0 Å². The number of ether oxygens (including phenoxy) is 1. The minimum atomic E-state index is -0.311. The van der Waals surface area contributed by atoms with E-state index < -0.39 is 0 Å². The fourth-order valence-corrected chi connectivity index (χ4v) is 5.15. The van der Waals surface area contributed by atoms with Crippen LogP contribution in [-0.2, 0) is 23.5 Å². The summed E-state index contributed by atoms with van der Waals surface area (Å²) in [4.78, 5) is 17.2. The molecule has 0 radical (unpaired) electrons. The average Bonchev–Trinajstić information content (AvgIpc) is 3.13. The molecular formula is C26H26ClN3O2S.